The molecule has 0 amide bonds. The lowest BCUT2D eigenvalue weighted by atomic mass is 10.2. The number of nitro groups is 1. The average Bonchev–Trinajstić information content (AvgIpc) is 2.18. The van der Waals surface area contributed by atoms with Crippen molar-refractivity contribution in [3.8, 4) is 0 Å². The first-order valence-electron chi connectivity index (χ1n) is 4.27. The molecule has 0 bridgehead atoms. The van der Waals surface area contributed by atoms with Crippen LogP contribution in [0.25, 0.3) is 11.0 Å². The number of nitro benzene ring substituents is 1. The standard InChI is InChI=1S/C10H7NO4/c1-6-5-7-3-2-4-8(11(13)14)9(7)15-10(6)12/h2-5H,1H3. The first kappa shape index (κ1) is 9.39. The summed E-state index contributed by atoms with van der Waals surface area (Å²) in [7, 11) is 0. The largest absolute Gasteiger partial charge is 0.415 e. The van der Waals surface area contributed by atoms with Crippen molar-refractivity contribution in [2.75, 3.05) is 0 Å². The Morgan fingerprint density at radius 2 is 2.13 bits per heavy atom. The molecule has 1 aromatic carbocycles. The average molecular weight is 205 g/mol. The molecule has 0 aliphatic heterocycles. The van der Waals surface area contributed by atoms with E-state index in [1.165, 1.54) is 6.07 Å². The Bertz CT molecular complexity index is 600. The summed E-state index contributed by atoms with van der Waals surface area (Å²) < 4.78 is 4.89. The molecule has 0 radical (unpaired) electrons. The molecule has 0 saturated carbocycles. The van der Waals surface area contributed by atoms with Crippen LogP contribution in [0.1, 0.15) is 5.56 Å². The van der Waals surface area contributed by atoms with E-state index in [1.807, 2.05) is 0 Å². The van der Waals surface area contributed by atoms with E-state index in [9.17, 15) is 14.9 Å². The van der Waals surface area contributed by atoms with Gasteiger partial charge in [0.1, 0.15) is 0 Å². The maximum absolute atomic E-state index is 11.2. The van der Waals surface area contributed by atoms with Crippen LogP contribution in [-0.4, -0.2) is 4.92 Å². The Morgan fingerprint density at radius 1 is 1.40 bits per heavy atom. The fourth-order valence-electron chi connectivity index (χ4n) is 1.38. The first-order chi connectivity index (χ1) is 7.09. The van der Waals surface area contributed by atoms with Crippen LogP contribution in [0, 0.1) is 17.0 Å². The fraction of sp³-hybridized carbons (Fsp3) is 0.100. The molecule has 0 saturated heterocycles. The van der Waals surface area contributed by atoms with Crippen LogP contribution in [0.2, 0.25) is 0 Å². The number of hydrogen-bond donors (Lipinski definition) is 0. The third kappa shape index (κ3) is 1.48. The molecule has 0 atom stereocenters. The molecule has 0 N–H and O–H groups in total. The SMILES string of the molecule is Cc1cc2cccc([N+](=O)[O-])c2oc1=O. The van der Waals surface area contributed by atoms with E-state index in [0.29, 0.717) is 10.9 Å². The quantitative estimate of drug-likeness (QED) is 0.405. The van der Waals surface area contributed by atoms with E-state index in [4.69, 9.17) is 4.42 Å². The molecule has 0 spiro atoms. The monoisotopic (exact) mass is 205 g/mol. The van der Waals surface area contributed by atoms with Crippen molar-refractivity contribution in [2.45, 2.75) is 6.92 Å². The zero-order valence-corrected chi connectivity index (χ0v) is 7.89. The number of hydrogen-bond acceptors (Lipinski definition) is 4. The topological polar surface area (TPSA) is 73.3 Å². The zero-order valence-electron chi connectivity index (χ0n) is 7.89. The van der Waals surface area contributed by atoms with Gasteiger partial charge in [0.2, 0.25) is 5.58 Å². The Balaban J connectivity index is 2.92. The molecule has 15 heavy (non-hydrogen) atoms. The molecule has 0 aliphatic rings. The van der Waals surface area contributed by atoms with Gasteiger partial charge in [-0.25, -0.2) is 4.79 Å². The van der Waals surface area contributed by atoms with Crippen LogP contribution in [0.5, 0.6) is 0 Å². The summed E-state index contributed by atoms with van der Waals surface area (Å²) in [6, 6.07) is 6.10. The summed E-state index contributed by atoms with van der Waals surface area (Å²) in [5.74, 6) is 0. The predicted octanol–water partition coefficient (Wildman–Crippen LogP) is 2.01. The molecule has 1 heterocycles. The van der Waals surface area contributed by atoms with Gasteiger partial charge in [0.15, 0.2) is 0 Å². The van der Waals surface area contributed by atoms with Gasteiger partial charge in [-0.1, -0.05) is 12.1 Å². The van der Waals surface area contributed by atoms with Crippen LogP contribution in [-0.2, 0) is 0 Å². The summed E-state index contributed by atoms with van der Waals surface area (Å²) in [6.07, 6.45) is 0. The minimum atomic E-state index is -0.569. The van der Waals surface area contributed by atoms with Gasteiger partial charge in [-0.3, -0.25) is 10.1 Å². The zero-order chi connectivity index (χ0) is 11.0. The van der Waals surface area contributed by atoms with Gasteiger partial charge in [-0.05, 0) is 13.0 Å². The van der Waals surface area contributed by atoms with E-state index in [0.717, 1.165) is 0 Å². The number of non-ortho nitro benzene ring substituents is 1. The molecular formula is C10H7NO4. The van der Waals surface area contributed by atoms with Gasteiger partial charge < -0.3 is 4.42 Å². The Kier molecular flexibility index (Phi) is 2.00. The molecule has 2 aromatic rings. The molecule has 0 unspecified atom stereocenters. The van der Waals surface area contributed by atoms with Gasteiger partial charge in [-0.15, -0.1) is 0 Å². The van der Waals surface area contributed by atoms with Crippen molar-refractivity contribution in [3.05, 3.63) is 50.4 Å². The van der Waals surface area contributed by atoms with Gasteiger partial charge in [-0.2, -0.15) is 0 Å². The van der Waals surface area contributed by atoms with Gasteiger partial charge >= 0.3 is 11.3 Å². The van der Waals surface area contributed by atoms with E-state index < -0.39 is 10.5 Å². The highest BCUT2D eigenvalue weighted by Gasteiger charge is 2.14. The number of rotatable bonds is 1. The predicted molar refractivity (Wildman–Crippen MR) is 53.9 cm³/mol. The third-order valence-corrected chi connectivity index (χ3v) is 2.11. The van der Waals surface area contributed by atoms with Crippen LogP contribution in [0.4, 0.5) is 5.69 Å². The lowest BCUT2D eigenvalue weighted by Crippen LogP contribution is -2.03. The van der Waals surface area contributed by atoms with Crippen molar-refractivity contribution >= 4 is 16.7 Å². The van der Waals surface area contributed by atoms with E-state index in [1.54, 1.807) is 25.1 Å². The van der Waals surface area contributed by atoms with Crippen molar-refractivity contribution in [1.82, 2.24) is 0 Å². The van der Waals surface area contributed by atoms with Crippen LogP contribution >= 0.6 is 0 Å². The highest BCUT2D eigenvalue weighted by atomic mass is 16.6. The molecular weight excluding hydrogens is 198 g/mol. The van der Waals surface area contributed by atoms with Gasteiger partial charge in [0, 0.05) is 17.0 Å². The Morgan fingerprint density at radius 3 is 2.80 bits per heavy atom. The minimum absolute atomic E-state index is 0.0260. The summed E-state index contributed by atoms with van der Waals surface area (Å²) in [5.41, 5.74) is -0.275. The minimum Gasteiger partial charge on any atom is -0.415 e. The molecule has 0 fully saturated rings. The maximum Gasteiger partial charge on any atom is 0.339 e. The van der Waals surface area contributed by atoms with E-state index >= 15 is 0 Å². The second-order valence-electron chi connectivity index (χ2n) is 3.17. The van der Waals surface area contributed by atoms with Crippen molar-refractivity contribution in [2.24, 2.45) is 0 Å². The molecule has 5 heteroatoms. The highest BCUT2D eigenvalue weighted by molar-refractivity contribution is 5.85. The van der Waals surface area contributed by atoms with Crippen LogP contribution in [0.15, 0.2) is 33.5 Å². The van der Waals surface area contributed by atoms with Crippen molar-refractivity contribution in [1.29, 1.82) is 0 Å². The second kappa shape index (κ2) is 3.20. The van der Waals surface area contributed by atoms with E-state index in [2.05, 4.69) is 0 Å². The molecule has 0 aliphatic carbocycles. The smallest absolute Gasteiger partial charge is 0.339 e. The summed E-state index contributed by atoms with van der Waals surface area (Å²) in [4.78, 5) is 21.3. The normalized spacial score (nSPS) is 10.5. The number of aryl methyl sites for hydroxylation is 1. The van der Waals surface area contributed by atoms with Gasteiger partial charge in [0.05, 0.1) is 4.92 Å². The summed E-state index contributed by atoms with van der Waals surface area (Å²) in [5, 5.41) is 11.2. The Hall–Kier alpha value is -2.17. The molecule has 2 rings (SSSR count). The number of nitrogens with zero attached hydrogens (tertiary/aromatic N) is 1. The highest BCUT2D eigenvalue weighted by Crippen LogP contribution is 2.24. The summed E-state index contributed by atoms with van der Waals surface area (Å²) >= 11 is 0. The lowest BCUT2D eigenvalue weighted by Gasteiger charge is -1.98. The lowest BCUT2D eigenvalue weighted by molar-refractivity contribution is -0.383. The number of fused-ring (bicyclic) bond motifs is 1. The molecule has 76 valence electrons. The van der Waals surface area contributed by atoms with Gasteiger partial charge in [0.25, 0.3) is 0 Å². The van der Waals surface area contributed by atoms with Crippen molar-refractivity contribution < 1.29 is 9.34 Å². The second-order valence-corrected chi connectivity index (χ2v) is 3.17. The van der Waals surface area contributed by atoms with Crippen LogP contribution in [0.3, 0.4) is 0 Å². The third-order valence-electron chi connectivity index (χ3n) is 2.11. The molecule has 5 nitrogen and oxygen atoms in total. The van der Waals surface area contributed by atoms with Crippen molar-refractivity contribution in [3.63, 3.8) is 0 Å². The fourth-order valence-corrected chi connectivity index (χ4v) is 1.38. The summed E-state index contributed by atoms with van der Waals surface area (Å²) in [6.45, 7) is 1.60. The van der Waals surface area contributed by atoms with Crippen LogP contribution < -0.4 is 5.63 Å². The van der Waals surface area contributed by atoms with E-state index in [-0.39, 0.29) is 11.3 Å². The molecule has 1 aromatic heterocycles. The maximum atomic E-state index is 11.2. The first-order valence-corrected chi connectivity index (χ1v) is 4.27. The number of benzene rings is 1. The number of para-hydroxylation sites is 1. The Labute approximate surface area is 84.1 Å².